The van der Waals surface area contributed by atoms with Crippen LogP contribution in [0, 0.1) is 5.92 Å². The highest BCUT2D eigenvalue weighted by atomic mass is 16.5. The molecule has 2 aliphatic rings. The Labute approximate surface area is 116 Å². The van der Waals surface area contributed by atoms with Crippen molar-refractivity contribution in [3.63, 3.8) is 0 Å². The Bertz CT molecular complexity index is 277. The van der Waals surface area contributed by atoms with E-state index in [4.69, 9.17) is 4.74 Å². The van der Waals surface area contributed by atoms with Gasteiger partial charge in [-0.05, 0) is 45.6 Å². The number of carbonyl (C=O) groups is 1. The first-order chi connectivity index (χ1) is 9.27. The zero-order chi connectivity index (χ0) is 13.5. The average Bonchev–Trinajstić information content (AvgIpc) is 2.46. The summed E-state index contributed by atoms with van der Waals surface area (Å²) in [6.45, 7) is 6.97. The predicted molar refractivity (Wildman–Crippen MR) is 76.1 cm³/mol. The first kappa shape index (κ1) is 14.8. The van der Waals surface area contributed by atoms with Crippen LogP contribution in [-0.4, -0.2) is 49.7 Å². The molecule has 2 aliphatic heterocycles. The van der Waals surface area contributed by atoms with E-state index in [2.05, 4.69) is 17.1 Å². The fourth-order valence-corrected chi connectivity index (χ4v) is 3.09. The molecule has 0 aromatic carbocycles. The van der Waals surface area contributed by atoms with Gasteiger partial charge in [-0.1, -0.05) is 6.42 Å². The van der Waals surface area contributed by atoms with Crippen molar-refractivity contribution >= 4 is 5.91 Å². The Morgan fingerprint density at radius 1 is 1.26 bits per heavy atom. The SMILES string of the molecule is CC1CCCCN1CCCNC(=O)C1CCOCC1. The molecule has 1 N–H and O–H groups in total. The van der Waals surface area contributed by atoms with Crippen LogP contribution in [0.2, 0.25) is 0 Å². The van der Waals surface area contributed by atoms with Gasteiger partial charge in [-0.15, -0.1) is 0 Å². The monoisotopic (exact) mass is 268 g/mol. The fraction of sp³-hybridized carbons (Fsp3) is 0.933. The molecular formula is C15H28N2O2. The summed E-state index contributed by atoms with van der Waals surface area (Å²) in [6.07, 6.45) is 6.87. The summed E-state index contributed by atoms with van der Waals surface area (Å²) in [5.74, 6) is 0.414. The zero-order valence-electron chi connectivity index (χ0n) is 12.2. The Morgan fingerprint density at radius 2 is 2.05 bits per heavy atom. The van der Waals surface area contributed by atoms with Crippen molar-refractivity contribution < 1.29 is 9.53 Å². The number of piperidine rings is 1. The minimum absolute atomic E-state index is 0.183. The third-order valence-corrected chi connectivity index (χ3v) is 4.45. The van der Waals surface area contributed by atoms with E-state index in [1.165, 1.54) is 25.8 Å². The molecule has 2 fully saturated rings. The van der Waals surface area contributed by atoms with E-state index in [1.54, 1.807) is 0 Å². The molecule has 0 aromatic rings. The number of hydrogen-bond acceptors (Lipinski definition) is 3. The molecule has 110 valence electrons. The maximum Gasteiger partial charge on any atom is 0.223 e. The van der Waals surface area contributed by atoms with Crippen molar-refractivity contribution in [1.29, 1.82) is 0 Å². The van der Waals surface area contributed by atoms with E-state index < -0.39 is 0 Å². The van der Waals surface area contributed by atoms with E-state index in [1.807, 2.05) is 0 Å². The van der Waals surface area contributed by atoms with Gasteiger partial charge in [0, 0.05) is 38.3 Å². The van der Waals surface area contributed by atoms with E-state index >= 15 is 0 Å². The van der Waals surface area contributed by atoms with Crippen molar-refractivity contribution in [3.8, 4) is 0 Å². The number of amides is 1. The van der Waals surface area contributed by atoms with Gasteiger partial charge in [-0.2, -0.15) is 0 Å². The fourth-order valence-electron chi connectivity index (χ4n) is 3.09. The molecule has 0 spiro atoms. The second kappa shape index (κ2) is 7.85. The average molecular weight is 268 g/mol. The number of hydrogen-bond donors (Lipinski definition) is 1. The Balaban J connectivity index is 1.56. The highest BCUT2D eigenvalue weighted by molar-refractivity contribution is 5.78. The summed E-state index contributed by atoms with van der Waals surface area (Å²) in [5.41, 5.74) is 0. The van der Waals surface area contributed by atoms with E-state index in [0.717, 1.165) is 51.6 Å². The third kappa shape index (κ3) is 4.77. The number of likely N-dealkylation sites (tertiary alicyclic amines) is 1. The van der Waals surface area contributed by atoms with Crippen LogP contribution < -0.4 is 5.32 Å². The maximum absolute atomic E-state index is 11.9. The first-order valence-electron chi connectivity index (χ1n) is 7.87. The quantitative estimate of drug-likeness (QED) is 0.773. The lowest BCUT2D eigenvalue weighted by atomic mass is 9.99. The molecule has 19 heavy (non-hydrogen) atoms. The standard InChI is InChI=1S/C15H28N2O2/c1-13-5-2-3-9-17(13)10-4-8-16-15(18)14-6-11-19-12-7-14/h13-14H,2-12H2,1H3,(H,16,18). The summed E-state index contributed by atoms with van der Waals surface area (Å²) in [7, 11) is 0. The molecule has 0 aliphatic carbocycles. The second-order valence-corrected chi connectivity index (χ2v) is 5.91. The van der Waals surface area contributed by atoms with Crippen molar-refractivity contribution in [2.45, 2.75) is 51.5 Å². The molecule has 4 nitrogen and oxygen atoms in total. The van der Waals surface area contributed by atoms with E-state index in [-0.39, 0.29) is 11.8 Å². The van der Waals surface area contributed by atoms with Crippen LogP contribution in [0.3, 0.4) is 0 Å². The van der Waals surface area contributed by atoms with Gasteiger partial charge in [-0.3, -0.25) is 4.79 Å². The van der Waals surface area contributed by atoms with Crippen LogP contribution in [-0.2, 0) is 9.53 Å². The number of nitrogens with zero attached hydrogens (tertiary/aromatic N) is 1. The van der Waals surface area contributed by atoms with Gasteiger partial charge in [-0.25, -0.2) is 0 Å². The van der Waals surface area contributed by atoms with E-state index in [0.29, 0.717) is 0 Å². The molecule has 1 amide bonds. The Hall–Kier alpha value is -0.610. The van der Waals surface area contributed by atoms with Gasteiger partial charge in [0.15, 0.2) is 0 Å². The lowest BCUT2D eigenvalue weighted by molar-refractivity contribution is -0.127. The van der Waals surface area contributed by atoms with Gasteiger partial charge in [0.2, 0.25) is 5.91 Å². The summed E-state index contributed by atoms with van der Waals surface area (Å²) < 4.78 is 5.28. The molecule has 0 bridgehead atoms. The molecule has 1 unspecified atom stereocenters. The van der Waals surface area contributed by atoms with Crippen molar-refractivity contribution in [2.75, 3.05) is 32.8 Å². The largest absolute Gasteiger partial charge is 0.381 e. The van der Waals surface area contributed by atoms with Crippen molar-refractivity contribution in [2.24, 2.45) is 5.92 Å². The lowest BCUT2D eigenvalue weighted by Crippen LogP contribution is -2.40. The predicted octanol–water partition coefficient (Wildman–Crippen LogP) is 1.79. The normalized spacial score (nSPS) is 26.3. The molecule has 2 saturated heterocycles. The molecule has 0 saturated carbocycles. The molecule has 1 atom stereocenters. The first-order valence-corrected chi connectivity index (χ1v) is 7.87. The van der Waals surface area contributed by atoms with E-state index in [9.17, 15) is 4.79 Å². The van der Waals surface area contributed by atoms with Crippen LogP contribution in [0.1, 0.15) is 45.4 Å². The lowest BCUT2D eigenvalue weighted by Gasteiger charge is -2.33. The smallest absolute Gasteiger partial charge is 0.223 e. The molecule has 2 heterocycles. The maximum atomic E-state index is 11.9. The Morgan fingerprint density at radius 3 is 2.79 bits per heavy atom. The summed E-state index contributed by atoms with van der Waals surface area (Å²) >= 11 is 0. The summed E-state index contributed by atoms with van der Waals surface area (Å²) in [4.78, 5) is 14.5. The van der Waals surface area contributed by atoms with Crippen molar-refractivity contribution in [3.05, 3.63) is 0 Å². The van der Waals surface area contributed by atoms with Gasteiger partial charge >= 0.3 is 0 Å². The van der Waals surface area contributed by atoms with Crippen LogP contribution in [0.5, 0.6) is 0 Å². The minimum Gasteiger partial charge on any atom is -0.381 e. The summed E-state index contributed by atoms with van der Waals surface area (Å²) in [5, 5.41) is 3.09. The minimum atomic E-state index is 0.183. The highest BCUT2D eigenvalue weighted by Gasteiger charge is 2.21. The van der Waals surface area contributed by atoms with Crippen LogP contribution in [0.4, 0.5) is 0 Å². The number of nitrogens with one attached hydrogen (secondary N) is 1. The third-order valence-electron chi connectivity index (χ3n) is 4.45. The van der Waals surface area contributed by atoms with Crippen LogP contribution in [0.25, 0.3) is 0 Å². The zero-order valence-corrected chi connectivity index (χ0v) is 12.2. The topological polar surface area (TPSA) is 41.6 Å². The number of carbonyl (C=O) groups excluding carboxylic acids is 1. The number of ether oxygens (including phenoxy) is 1. The van der Waals surface area contributed by atoms with Gasteiger partial charge < -0.3 is 15.0 Å². The molecule has 0 radical (unpaired) electrons. The van der Waals surface area contributed by atoms with Gasteiger partial charge in [0.25, 0.3) is 0 Å². The highest BCUT2D eigenvalue weighted by Crippen LogP contribution is 2.16. The van der Waals surface area contributed by atoms with Gasteiger partial charge in [0.05, 0.1) is 0 Å². The Kier molecular flexibility index (Phi) is 6.11. The van der Waals surface area contributed by atoms with Gasteiger partial charge in [0.1, 0.15) is 0 Å². The van der Waals surface area contributed by atoms with Crippen molar-refractivity contribution in [1.82, 2.24) is 10.2 Å². The van der Waals surface area contributed by atoms with Crippen LogP contribution >= 0.6 is 0 Å². The number of rotatable bonds is 5. The second-order valence-electron chi connectivity index (χ2n) is 5.91. The van der Waals surface area contributed by atoms with Crippen LogP contribution in [0.15, 0.2) is 0 Å². The summed E-state index contributed by atoms with van der Waals surface area (Å²) in [6, 6.07) is 0.722. The molecular weight excluding hydrogens is 240 g/mol. The molecule has 4 heteroatoms. The molecule has 2 rings (SSSR count). The molecule has 0 aromatic heterocycles.